The van der Waals surface area contributed by atoms with Crippen LogP contribution < -0.4 is 10.6 Å². The lowest BCUT2D eigenvalue weighted by Crippen LogP contribution is -2.50. The van der Waals surface area contributed by atoms with Crippen LogP contribution in [-0.2, 0) is 0 Å². The Hall–Kier alpha value is -4.18. The van der Waals surface area contributed by atoms with E-state index in [1.54, 1.807) is 35.2 Å². The minimum absolute atomic E-state index is 0.128. The van der Waals surface area contributed by atoms with Crippen molar-refractivity contribution >= 4 is 40.8 Å². The third-order valence-corrected chi connectivity index (χ3v) is 7.88. The molecule has 1 aliphatic heterocycles. The molecule has 1 aliphatic carbocycles. The Bertz CT molecular complexity index is 1390. The van der Waals surface area contributed by atoms with Crippen molar-refractivity contribution in [3.05, 3.63) is 76.2 Å². The molecule has 4 amide bonds. The second-order valence-corrected chi connectivity index (χ2v) is 10.6. The molecule has 10 heteroatoms. The van der Waals surface area contributed by atoms with Gasteiger partial charge in [-0.1, -0.05) is 18.2 Å². The van der Waals surface area contributed by atoms with Gasteiger partial charge in [0.25, 0.3) is 17.7 Å². The summed E-state index contributed by atoms with van der Waals surface area (Å²) in [6.45, 7) is 3.22. The van der Waals surface area contributed by atoms with Gasteiger partial charge in [0.05, 0.1) is 4.88 Å². The number of aryl methyl sites for hydroxylation is 1. The van der Waals surface area contributed by atoms with E-state index < -0.39 is 6.09 Å². The SMILES string of the molecule is Cc1ccc(C(=O)NC2CC2)cc1NC(=O)c1ccc(-c2ccc(C(=O)N3CCN(C(=O)O)CC3)cc2)s1. The van der Waals surface area contributed by atoms with Crippen LogP contribution in [0.2, 0.25) is 0 Å². The molecule has 3 N–H and O–H groups in total. The van der Waals surface area contributed by atoms with E-state index in [1.165, 1.54) is 16.2 Å². The van der Waals surface area contributed by atoms with Crippen molar-refractivity contribution in [3.63, 3.8) is 0 Å². The Morgan fingerprint density at radius 2 is 1.50 bits per heavy atom. The van der Waals surface area contributed by atoms with Gasteiger partial charge < -0.3 is 25.5 Å². The van der Waals surface area contributed by atoms with Gasteiger partial charge in [-0.15, -0.1) is 11.3 Å². The molecule has 5 rings (SSSR count). The highest BCUT2D eigenvalue weighted by atomic mass is 32.1. The Labute approximate surface area is 224 Å². The Kier molecular flexibility index (Phi) is 7.15. The average Bonchev–Trinajstić information content (AvgIpc) is 3.60. The molecule has 38 heavy (non-hydrogen) atoms. The zero-order valence-corrected chi connectivity index (χ0v) is 21.7. The molecule has 0 unspecified atom stereocenters. The van der Waals surface area contributed by atoms with Crippen LogP contribution in [0.1, 0.15) is 48.8 Å². The van der Waals surface area contributed by atoms with Crippen LogP contribution in [0, 0.1) is 6.92 Å². The molecular weight excluding hydrogens is 504 g/mol. The number of carboxylic acid groups (broad SMARTS) is 1. The smallest absolute Gasteiger partial charge is 0.407 e. The summed E-state index contributed by atoms with van der Waals surface area (Å²) in [4.78, 5) is 53.7. The highest BCUT2D eigenvalue weighted by Crippen LogP contribution is 2.30. The predicted octanol–water partition coefficient (Wildman–Crippen LogP) is 4.30. The Morgan fingerprint density at radius 3 is 2.16 bits per heavy atom. The standard InChI is InChI=1S/C28H28N4O5S/c1-17-2-3-20(25(33)29-21-8-9-21)16-22(17)30-26(34)24-11-10-23(38-24)18-4-6-19(7-5-18)27(35)31-12-14-32(15-13-31)28(36)37/h2-7,10-11,16,21H,8-9,12-15H2,1H3,(H,29,33)(H,30,34)(H,36,37). The fourth-order valence-electron chi connectivity index (χ4n) is 4.25. The fraction of sp³-hybridized carbons (Fsp3) is 0.286. The van der Waals surface area contributed by atoms with Crippen molar-refractivity contribution < 1.29 is 24.3 Å². The third-order valence-electron chi connectivity index (χ3n) is 6.74. The summed E-state index contributed by atoms with van der Waals surface area (Å²) in [6.07, 6.45) is 1.05. The maximum atomic E-state index is 13.0. The zero-order chi connectivity index (χ0) is 26.8. The van der Waals surface area contributed by atoms with E-state index in [2.05, 4.69) is 10.6 Å². The highest BCUT2D eigenvalue weighted by molar-refractivity contribution is 7.17. The van der Waals surface area contributed by atoms with Crippen LogP contribution in [0.15, 0.2) is 54.6 Å². The lowest BCUT2D eigenvalue weighted by molar-refractivity contribution is 0.0625. The molecule has 0 atom stereocenters. The number of nitrogens with zero attached hydrogens (tertiary/aromatic N) is 2. The number of carbonyl (C=O) groups is 4. The highest BCUT2D eigenvalue weighted by Gasteiger charge is 2.25. The van der Waals surface area contributed by atoms with Crippen molar-refractivity contribution in [2.24, 2.45) is 0 Å². The van der Waals surface area contributed by atoms with Gasteiger partial charge in [0.1, 0.15) is 0 Å². The van der Waals surface area contributed by atoms with E-state index in [9.17, 15) is 19.2 Å². The van der Waals surface area contributed by atoms with Gasteiger partial charge in [-0.05, 0) is 67.3 Å². The quantitative estimate of drug-likeness (QED) is 0.437. The first kappa shape index (κ1) is 25.5. The second kappa shape index (κ2) is 10.7. The minimum Gasteiger partial charge on any atom is -0.465 e. The Balaban J connectivity index is 1.22. The number of thiophene rings is 1. The van der Waals surface area contributed by atoms with Crippen molar-refractivity contribution in [2.75, 3.05) is 31.5 Å². The monoisotopic (exact) mass is 532 g/mol. The molecule has 2 heterocycles. The number of anilines is 1. The zero-order valence-electron chi connectivity index (χ0n) is 20.9. The van der Waals surface area contributed by atoms with Gasteiger partial charge in [0.2, 0.25) is 0 Å². The van der Waals surface area contributed by atoms with Crippen LogP contribution >= 0.6 is 11.3 Å². The van der Waals surface area contributed by atoms with Crippen LogP contribution in [0.25, 0.3) is 10.4 Å². The number of piperazine rings is 1. The normalized spacial score (nSPS) is 15.2. The second-order valence-electron chi connectivity index (χ2n) is 9.53. The molecule has 196 valence electrons. The molecule has 2 aliphatic rings. The van der Waals surface area contributed by atoms with E-state index in [0.29, 0.717) is 47.9 Å². The molecule has 3 aromatic rings. The number of hydrogen-bond acceptors (Lipinski definition) is 5. The van der Waals surface area contributed by atoms with E-state index in [0.717, 1.165) is 28.8 Å². The molecule has 2 fully saturated rings. The molecule has 9 nitrogen and oxygen atoms in total. The van der Waals surface area contributed by atoms with Crippen LogP contribution in [0.5, 0.6) is 0 Å². The van der Waals surface area contributed by atoms with Gasteiger partial charge in [-0.3, -0.25) is 14.4 Å². The van der Waals surface area contributed by atoms with Crippen molar-refractivity contribution in [2.45, 2.75) is 25.8 Å². The van der Waals surface area contributed by atoms with Gasteiger partial charge >= 0.3 is 6.09 Å². The topological polar surface area (TPSA) is 119 Å². The summed E-state index contributed by atoms with van der Waals surface area (Å²) in [5.41, 5.74) is 3.40. The number of benzene rings is 2. The van der Waals surface area contributed by atoms with E-state index in [4.69, 9.17) is 5.11 Å². The van der Waals surface area contributed by atoms with E-state index in [1.807, 2.05) is 31.2 Å². The molecular formula is C28H28N4O5S. The molecule has 0 spiro atoms. The molecule has 1 saturated carbocycles. The van der Waals surface area contributed by atoms with Crippen molar-refractivity contribution in [1.29, 1.82) is 0 Å². The summed E-state index contributed by atoms with van der Waals surface area (Å²) < 4.78 is 0. The van der Waals surface area contributed by atoms with Gasteiger partial charge in [0.15, 0.2) is 0 Å². The molecule has 0 radical (unpaired) electrons. The predicted molar refractivity (Wildman–Crippen MR) is 145 cm³/mol. The van der Waals surface area contributed by atoms with Gasteiger partial charge in [-0.25, -0.2) is 4.79 Å². The molecule has 1 saturated heterocycles. The van der Waals surface area contributed by atoms with Crippen molar-refractivity contribution in [3.8, 4) is 10.4 Å². The van der Waals surface area contributed by atoms with Crippen LogP contribution in [0.3, 0.4) is 0 Å². The first-order valence-electron chi connectivity index (χ1n) is 12.5. The largest absolute Gasteiger partial charge is 0.465 e. The Morgan fingerprint density at radius 1 is 0.842 bits per heavy atom. The number of carbonyl (C=O) groups excluding carboxylic acids is 3. The number of amides is 4. The van der Waals surface area contributed by atoms with E-state index in [-0.39, 0.29) is 23.8 Å². The van der Waals surface area contributed by atoms with Crippen molar-refractivity contribution in [1.82, 2.24) is 15.1 Å². The number of hydrogen-bond donors (Lipinski definition) is 3. The lowest BCUT2D eigenvalue weighted by Gasteiger charge is -2.33. The molecule has 0 bridgehead atoms. The van der Waals surface area contributed by atoms with Crippen LogP contribution in [-0.4, -0.2) is 70.9 Å². The maximum absolute atomic E-state index is 13.0. The van der Waals surface area contributed by atoms with Gasteiger partial charge in [-0.2, -0.15) is 0 Å². The first-order valence-corrected chi connectivity index (χ1v) is 13.3. The summed E-state index contributed by atoms with van der Waals surface area (Å²) in [5.74, 6) is -0.515. The summed E-state index contributed by atoms with van der Waals surface area (Å²) in [7, 11) is 0. The summed E-state index contributed by atoms with van der Waals surface area (Å²) >= 11 is 1.34. The number of rotatable bonds is 6. The fourth-order valence-corrected chi connectivity index (χ4v) is 5.16. The first-order chi connectivity index (χ1) is 18.3. The van der Waals surface area contributed by atoms with E-state index >= 15 is 0 Å². The maximum Gasteiger partial charge on any atom is 0.407 e. The van der Waals surface area contributed by atoms with Crippen LogP contribution in [0.4, 0.5) is 10.5 Å². The summed E-state index contributed by atoms with van der Waals surface area (Å²) in [5, 5.41) is 15.0. The lowest BCUT2D eigenvalue weighted by atomic mass is 10.1. The minimum atomic E-state index is -0.967. The number of nitrogens with one attached hydrogen (secondary N) is 2. The third kappa shape index (κ3) is 5.70. The molecule has 1 aromatic heterocycles. The average molecular weight is 533 g/mol. The van der Waals surface area contributed by atoms with Gasteiger partial charge in [0, 0.05) is 53.9 Å². The molecule has 2 aromatic carbocycles. The summed E-state index contributed by atoms with van der Waals surface area (Å²) in [6, 6.07) is 16.4.